The minimum Gasteiger partial charge on any atom is -0.497 e. The predicted octanol–water partition coefficient (Wildman–Crippen LogP) is 5.03. The van der Waals surface area contributed by atoms with Crippen molar-refractivity contribution in [2.24, 2.45) is 0 Å². The summed E-state index contributed by atoms with van der Waals surface area (Å²) in [5, 5.41) is 0. The molecule has 2 aromatic rings. The Morgan fingerprint density at radius 3 is 2.23 bits per heavy atom. The molecule has 118 valence electrons. The van der Waals surface area contributed by atoms with E-state index < -0.39 is 0 Å². The van der Waals surface area contributed by atoms with Crippen molar-refractivity contribution in [3.63, 3.8) is 0 Å². The zero-order chi connectivity index (χ0) is 15.8. The van der Waals surface area contributed by atoms with Gasteiger partial charge < -0.3 is 9.64 Å². The third-order valence-corrected chi connectivity index (χ3v) is 3.76. The van der Waals surface area contributed by atoms with Crippen LogP contribution < -0.4 is 9.64 Å². The lowest BCUT2D eigenvalue weighted by molar-refractivity contribution is 0.415. The van der Waals surface area contributed by atoms with Gasteiger partial charge in [0.2, 0.25) is 0 Å². The molecule has 0 amide bonds. The number of ether oxygens (including phenoxy) is 1. The average molecular weight is 301 g/mol. The first kappa shape index (κ1) is 16.3. The maximum Gasteiger partial charge on any atom is 0.123 e. The van der Waals surface area contributed by atoms with E-state index in [4.69, 9.17) is 4.74 Å². The van der Waals surface area contributed by atoms with Crippen molar-refractivity contribution in [1.82, 2.24) is 0 Å². The molecule has 0 heterocycles. The van der Waals surface area contributed by atoms with Crippen molar-refractivity contribution in [2.45, 2.75) is 32.7 Å². The maximum atomic E-state index is 13.1. The number of hydrogen-bond donors (Lipinski definition) is 0. The van der Waals surface area contributed by atoms with Gasteiger partial charge in [-0.1, -0.05) is 31.9 Å². The summed E-state index contributed by atoms with van der Waals surface area (Å²) in [5.41, 5.74) is 2.29. The Kier molecular flexibility index (Phi) is 6.26. The minimum atomic E-state index is -0.189. The van der Waals surface area contributed by atoms with E-state index in [9.17, 15) is 4.39 Å². The highest BCUT2D eigenvalue weighted by Crippen LogP contribution is 2.22. The molecule has 0 N–H and O–H groups in total. The van der Waals surface area contributed by atoms with Crippen molar-refractivity contribution < 1.29 is 9.13 Å². The smallest absolute Gasteiger partial charge is 0.123 e. The number of methoxy groups -OCH3 is 1. The molecule has 0 aromatic heterocycles. The molecule has 0 radical (unpaired) electrons. The summed E-state index contributed by atoms with van der Waals surface area (Å²) in [5.74, 6) is 0.671. The zero-order valence-electron chi connectivity index (χ0n) is 13.4. The van der Waals surface area contributed by atoms with E-state index >= 15 is 0 Å². The quantitative estimate of drug-likeness (QED) is 0.634. The van der Waals surface area contributed by atoms with E-state index in [1.807, 2.05) is 24.3 Å². The van der Waals surface area contributed by atoms with Crippen LogP contribution >= 0.6 is 0 Å². The summed E-state index contributed by atoms with van der Waals surface area (Å²) < 4.78 is 18.3. The average Bonchev–Trinajstić information content (AvgIpc) is 2.56. The van der Waals surface area contributed by atoms with Gasteiger partial charge in [-0.3, -0.25) is 0 Å². The third-order valence-electron chi connectivity index (χ3n) is 3.76. The second kappa shape index (κ2) is 8.42. The molecule has 0 aliphatic rings. The number of halogens is 1. The van der Waals surface area contributed by atoms with Crippen LogP contribution in [0.15, 0.2) is 48.5 Å². The largest absolute Gasteiger partial charge is 0.497 e. The summed E-state index contributed by atoms with van der Waals surface area (Å²) in [6.45, 7) is 3.99. The topological polar surface area (TPSA) is 12.5 Å². The van der Waals surface area contributed by atoms with Crippen LogP contribution in [0.3, 0.4) is 0 Å². The molecule has 3 heteroatoms. The van der Waals surface area contributed by atoms with Gasteiger partial charge in [-0.15, -0.1) is 0 Å². The van der Waals surface area contributed by atoms with Gasteiger partial charge in [0.15, 0.2) is 0 Å². The molecule has 0 saturated heterocycles. The first-order valence-electron chi connectivity index (χ1n) is 7.86. The van der Waals surface area contributed by atoms with Crippen molar-refractivity contribution in [2.75, 3.05) is 18.6 Å². The molecule has 2 nitrogen and oxygen atoms in total. The summed E-state index contributed by atoms with van der Waals surface area (Å²) >= 11 is 0. The summed E-state index contributed by atoms with van der Waals surface area (Å²) in [6, 6.07) is 14.9. The highest BCUT2D eigenvalue weighted by molar-refractivity contribution is 5.49. The Morgan fingerprint density at radius 2 is 1.64 bits per heavy atom. The van der Waals surface area contributed by atoms with Crippen LogP contribution in [0.1, 0.15) is 31.7 Å². The van der Waals surface area contributed by atoms with E-state index in [2.05, 4.69) is 24.0 Å². The van der Waals surface area contributed by atoms with Crippen LogP contribution in [0.25, 0.3) is 0 Å². The van der Waals surface area contributed by atoms with Crippen LogP contribution in [0.4, 0.5) is 10.1 Å². The van der Waals surface area contributed by atoms with Gasteiger partial charge in [-0.05, 0) is 48.4 Å². The molecule has 0 spiro atoms. The first-order chi connectivity index (χ1) is 10.7. The molecular weight excluding hydrogens is 277 g/mol. The first-order valence-corrected chi connectivity index (χ1v) is 7.86. The summed E-state index contributed by atoms with van der Waals surface area (Å²) in [4.78, 5) is 2.34. The van der Waals surface area contributed by atoms with Crippen molar-refractivity contribution in [3.8, 4) is 5.75 Å². The molecule has 0 aliphatic heterocycles. The SMILES string of the molecule is CCCCCN(Cc1ccc(F)cc1)c1ccc(OC)cc1. The third kappa shape index (κ3) is 4.76. The molecule has 0 bridgehead atoms. The Hall–Kier alpha value is -2.03. The molecule has 2 rings (SSSR count). The van der Waals surface area contributed by atoms with Crippen LogP contribution in [-0.4, -0.2) is 13.7 Å². The van der Waals surface area contributed by atoms with Crippen LogP contribution in [0.5, 0.6) is 5.75 Å². The lowest BCUT2D eigenvalue weighted by Gasteiger charge is -2.25. The predicted molar refractivity (Wildman–Crippen MR) is 90.0 cm³/mol. The van der Waals surface area contributed by atoms with Gasteiger partial charge in [0, 0.05) is 18.8 Å². The lowest BCUT2D eigenvalue weighted by Crippen LogP contribution is -2.23. The van der Waals surface area contributed by atoms with Gasteiger partial charge in [-0.25, -0.2) is 4.39 Å². The molecular formula is C19H24FNO. The number of nitrogens with zero attached hydrogens (tertiary/aromatic N) is 1. The number of anilines is 1. The Morgan fingerprint density at radius 1 is 0.955 bits per heavy atom. The number of hydrogen-bond acceptors (Lipinski definition) is 2. The molecule has 2 aromatic carbocycles. The van der Waals surface area contributed by atoms with E-state index in [-0.39, 0.29) is 5.82 Å². The van der Waals surface area contributed by atoms with E-state index in [1.54, 1.807) is 7.11 Å². The maximum absolute atomic E-state index is 13.1. The summed E-state index contributed by atoms with van der Waals surface area (Å²) in [6.07, 6.45) is 3.58. The number of benzene rings is 2. The van der Waals surface area contributed by atoms with E-state index in [0.717, 1.165) is 30.8 Å². The molecule has 0 aliphatic carbocycles. The van der Waals surface area contributed by atoms with Gasteiger partial charge in [0.25, 0.3) is 0 Å². The molecule has 0 saturated carbocycles. The van der Waals surface area contributed by atoms with Gasteiger partial charge in [0.05, 0.1) is 7.11 Å². The normalized spacial score (nSPS) is 10.5. The highest BCUT2D eigenvalue weighted by Gasteiger charge is 2.08. The van der Waals surface area contributed by atoms with E-state index in [0.29, 0.717) is 0 Å². The molecule has 0 fully saturated rings. The number of unbranched alkanes of at least 4 members (excludes halogenated alkanes) is 2. The minimum absolute atomic E-state index is 0.189. The number of rotatable bonds is 8. The van der Waals surface area contributed by atoms with Crippen LogP contribution in [0, 0.1) is 5.82 Å². The zero-order valence-corrected chi connectivity index (χ0v) is 13.4. The standard InChI is InChI=1S/C19H24FNO/c1-3-4-5-14-21(15-16-6-8-17(20)9-7-16)18-10-12-19(22-2)13-11-18/h6-13H,3-5,14-15H2,1-2H3. The van der Waals surface area contributed by atoms with Crippen molar-refractivity contribution >= 4 is 5.69 Å². The van der Waals surface area contributed by atoms with Crippen LogP contribution in [0.2, 0.25) is 0 Å². The van der Waals surface area contributed by atoms with Crippen LogP contribution in [-0.2, 0) is 6.54 Å². The van der Waals surface area contributed by atoms with Gasteiger partial charge >= 0.3 is 0 Å². The Bertz CT molecular complexity index is 551. The second-order valence-corrected chi connectivity index (χ2v) is 5.45. The fourth-order valence-electron chi connectivity index (χ4n) is 2.46. The Balaban J connectivity index is 2.11. The van der Waals surface area contributed by atoms with Crippen molar-refractivity contribution in [1.29, 1.82) is 0 Å². The lowest BCUT2D eigenvalue weighted by atomic mass is 10.1. The van der Waals surface area contributed by atoms with Gasteiger partial charge in [0.1, 0.15) is 11.6 Å². The molecule has 22 heavy (non-hydrogen) atoms. The fourth-order valence-corrected chi connectivity index (χ4v) is 2.46. The monoisotopic (exact) mass is 301 g/mol. The fraction of sp³-hybridized carbons (Fsp3) is 0.368. The van der Waals surface area contributed by atoms with Gasteiger partial charge in [-0.2, -0.15) is 0 Å². The molecule has 0 atom stereocenters. The molecule has 0 unspecified atom stereocenters. The Labute approximate surface area is 132 Å². The van der Waals surface area contributed by atoms with Crippen molar-refractivity contribution in [3.05, 3.63) is 59.9 Å². The van der Waals surface area contributed by atoms with E-state index in [1.165, 1.54) is 30.7 Å². The summed E-state index contributed by atoms with van der Waals surface area (Å²) in [7, 11) is 1.67. The second-order valence-electron chi connectivity index (χ2n) is 5.45. The highest BCUT2D eigenvalue weighted by atomic mass is 19.1.